The Balaban J connectivity index is 2.28. The van der Waals surface area contributed by atoms with Gasteiger partial charge in [0.1, 0.15) is 0 Å². The van der Waals surface area contributed by atoms with Crippen molar-refractivity contribution < 1.29 is 19.4 Å². The SMILES string of the molecule is COc1cc(/C=C2\SC(NC(C)=O)=NC2=O)cc(Cl)c1O. The van der Waals surface area contributed by atoms with Crippen molar-refractivity contribution in [2.75, 3.05) is 7.11 Å². The van der Waals surface area contributed by atoms with Crippen LogP contribution in [0.15, 0.2) is 22.0 Å². The Labute approximate surface area is 129 Å². The number of ether oxygens (including phenoxy) is 1. The van der Waals surface area contributed by atoms with E-state index in [1.165, 1.54) is 20.1 Å². The molecular weight excluding hydrogens is 316 g/mol. The Kier molecular flexibility index (Phi) is 4.54. The zero-order chi connectivity index (χ0) is 15.6. The number of aliphatic imine (C=N–C) groups is 1. The van der Waals surface area contributed by atoms with E-state index >= 15 is 0 Å². The predicted octanol–water partition coefficient (Wildman–Crippen LogP) is 2.16. The van der Waals surface area contributed by atoms with Crippen LogP contribution in [-0.4, -0.2) is 29.2 Å². The van der Waals surface area contributed by atoms with Gasteiger partial charge in [0.15, 0.2) is 16.7 Å². The fraction of sp³-hybridized carbons (Fsp3) is 0.154. The van der Waals surface area contributed by atoms with Crippen LogP contribution in [0.3, 0.4) is 0 Å². The highest BCUT2D eigenvalue weighted by Gasteiger charge is 2.22. The molecule has 0 radical (unpaired) electrons. The summed E-state index contributed by atoms with van der Waals surface area (Å²) in [6.07, 6.45) is 1.55. The zero-order valence-corrected chi connectivity index (χ0v) is 12.7. The molecule has 0 fully saturated rings. The van der Waals surface area contributed by atoms with Crippen LogP contribution in [0, 0.1) is 0 Å². The number of carbonyl (C=O) groups is 2. The molecule has 0 aliphatic carbocycles. The molecule has 0 bridgehead atoms. The van der Waals surface area contributed by atoms with Crippen molar-refractivity contribution in [2.45, 2.75) is 6.92 Å². The number of amides is 2. The Morgan fingerprint density at radius 1 is 1.52 bits per heavy atom. The summed E-state index contributed by atoms with van der Waals surface area (Å²) < 4.78 is 4.99. The number of aromatic hydroxyl groups is 1. The van der Waals surface area contributed by atoms with Crippen LogP contribution in [-0.2, 0) is 9.59 Å². The average molecular weight is 327 g/mol. The third-order valence-corrected chi connectivity index (χ3v) is 3.66. The van der Waals surface area contributed by atoms with Crippen molar-refractivity contribution in [3.05, 3.63) is 27.6 Å². The first-order valence-electron chi connectivity index (χ1n) is 5.77. The van der Waals surface area contributed by atoms with Crippen LogP contribution >= 0.6 is 23.4 Å². The van der Waals surface area contributed by atoms with E-state index < -0.39 is 5.91 Å². The summed E-state index contributed by atoms with van der Waals surface area (Å²) in [5, 5.41) is 12.5. The molecule has 2 rings (SSSR count). The molecule has 0 aromatic heterocycles. The number of halogens is 1. The Hall–Kier alpha value is -1.99. The van der Waals surface area contributed by atoms with Crippen molar-refractivity contribution in [3.8, 4) is 11.5 Å². The minimum Gasteiger partial charge on any atom is -0.503 e. The van der Waals surface area contributed by atoms with Gasteiger partial charge in [-0.1, -0.05) is 11.6 Å². The Morgan fingerprint density at radius 2 is 2.24 bits per heavy atom. The van der Waals surface area contributed by atoms with Gasteiger partial charge >= 0.3 is 0 Å². The van der Waals surface area contributed by atoms with Crippen LogP contribution in [0.5, 0.6) is 11.5 Å². The molecule has 0 saturated carbocycles. The molecule has 1 aromatic rings. The summed E-state index contributed by atoms with van der Waals surface area (Å²) in [5.41, 5.74) is 0.574. The first-order valence-corrected chi connectivity index (χ1v) is 6.97. The quantitative estimate of drug-likeness (QED) is 0.813. The maximum Gasteiger partial charge on any atom is 0.286 e. The monoisotopic (exact) mass is 326 g/mol. The molecule has 0 atom stereocenters. The number of hydrogen-bond donors (Lipinski definition) is 2. The molecule has 8 heteroatoms. The summed E-state index contributed by atoms with van der Waals surface area (Å²) in [7, 11) is 1.40. The lowest BCUT2D eigenvalue weighted by Gasteiger charge is -2.06. The first-order chi connectivity index (χ1) is 9.90. The van der Waals surface area contributed by atoms with Gasteiger partial charge < -0.3 is 15.2 Å². The second-order valence-electron chi connectivity index (χ2n) is 4.07. The van der Waals surface area contributed by atoms with Gasteiger partial charge in [0, 0.05) is 6.92 Å². The van der Waals surface area contributed by atoms with Crippen molar-refractivity contribution in [1.29, 1.82) is 0 Å². The van der Waals surface area contributed by atoms with Crippen LogP contribution in [0.25, 0.3) is 6.08 Å². The second kappa shape index (κ2) is 6.19. The van der Waals surface area contributed by atoms with E-state index in [0.29, 0.717) is 10.5 Å². The van der Waals surface area contributed by atoms with Gasteiger partial charge in [0.05, 0.1) is 17.0 Å². The summed E-state index contributed by atoms with van der Waals surface area (Å²) >= 11 is 6.93. The maximum absolute atomic E-state index is 11.7. The number of phenols is 1. The van der Waals surface area contributed by atoms with E-state index in [2.05, 4.69) is 10.3 Å². The van der Waals surface area contributed by atoms with Crippen LogP contribution in [0.4, 0.5) is 0 Å². The molecule has 110 valence electrons. The van der Waals surface area contributed by atoms with Gasteiger partial charge in [0.25, 0.3) is 5.91 Å². The molecule has 21 heavy (non-hydrogen) atoms. The minimum absolute atomic E-state index is 0.111. The molecular formula is C13H11ClN2O4S. The van der Waals surface area contributed by atoms with E-state index in [0.717, 1.165) is 11.8 Å². The van der Waals surface area contributed by atoms with Gasteiger partial charge in [-0.15, -0.1) is 0 Å². The smallest absolute Gasteiger partial charge is 0.286 e. The van der Waals surface area contributed by atoms with E-state index in [9.17, 15) is 14.7 Å². The van der Waals surface area contributed by atoms with Gasteiger partial charge in [0.2, 0.25) is 5.91 Å². The highest BCUT2D eigenvalue weighted by molar-refractivity contribution is 8.18. The molecule has 1 aliphatic heterocycles. The van der Waals surface area contributed by atoms with Crippen molar-refractivity contribution in [2.24, 2.45) is 4.99 Å². The third kappa shape index (κ3) is 3.56. The maximum atomic E-state index is 11.7. The van der Waals surface area contributed by atoms with Gasteiger partial charge in [-0.05, 0) is 35.5 Å². The number of phenolic OH excluding ortho intramolecular Hbond substituents is 1. The van der Waals surface area contributed by atoms with Crippen LogP contribution in [0.2, 0.25) is 5.02 Å². The standard InChI is InChI=1S/C13H11ClN2O4S/c1-6(17)15-13-16-12(19)10(21-13)5-7-3-8(14)11(18)9(4-7)20-2/h3-5,18H,1-2H3,(H,15,16,17,19)/b10-5-. The number of hydrogen-bond acceptors (Lipinski definition) is 5. The number of benzene rings is 1. The minimum atomic E-state index is -0.452. The molecule has 0 unspecified atom stereocenters. The molecule has 2 amide bonds. The van der Waals surface area contributed by atoms with Gasteiger partial charge in [-0.2, -0.15) is 4.99 Å². The second-order valence-corrected chi connectivity index (χ2v) is 5.51. The lowest BCUT2D eigenvalue weighted by Crippen LogP contribution is -2.23. The molecule has 6 nitrogen and oxygen atoms in total. The van der Waals surface area contributed by atoms with Crippen molar-refractivity contribution >= 4 is 46.4 Å². The summed E-state index contributed by atoms with van der Waals surface area (Å²) in [6.45, 7) is 1.33. The van der Waals surface area contributed by atoms with Gasteiger partial charge in [-0.25, -0.2) is 0 Å². The summed E-state index contributed by atoms with van der Waals surface area (Å²) in [6, 6.07) is 3.04. The molecule has 1 aromatic carbocycles. The third-order valence-electron chi connectivity index (χ3n) is 2.47. The van der Waals surface area contributed by atoms with Gasteiger partial charge in [-0.3, -0.25) is 9.59 Å². The zero-order valence-electron chi connectivity index (χ0n) is 11.1. The number of nitrogens with zero attached hydrogens (tertiary/aromatic N) is 1. The first kappa shape index (κ1) is 15.4. The summed E-state index contributed by atoms with van der Waals surface area (Å²) in [5.74, 6) is -0.716. The number of carbonyl (C=O) groups excluding carboxylic acids is 2. The Morgan fingerprint density at radius 3 is 2.86 bits per heavy atom. The highest BCUT2D eigenvalue weighted by atomic mass is 35.5. The highest BCUT2D eigenvalue weighted by Crippen LogP contribution is 2.36. The average Bonchev–Trinajstić information content (AvgIpc) is 2.72. The Bertz CT molecular complexity index is 685. The lowest BCUT2D eigenvalue weighted by atomic mass is 10.2. The number of rotatable bonds is 2. The normalized spacial score (nSPS) is 16.0. The molecule has 1 aliphatic rings. The summed E-state index contributed by atoms with van der Waals surface area (Å²) in [4.78, 5) is 26.7. The fourth-order valence-corrected chi connectivity index (χ4v) is 2.68. The van der Waals surface area contributed by atoms with E-state index in [1.807, 2.05) is 0 Å². The fourth-order valence-electron chi connectivity index (χ4n) is 1.60. The molecule has 1 heterocycles. The number of amidine groups is 1. The van der Waals surface area contributed by atoms with Crippen molar-refractivity contribution in [3.63, 3.8) is 0 Å². The number of methoxy groups -OCH3 is 1. The van der Waals surface area contributed by atoms with Crippen LogP contribution < -0.4 is 10.1 Å². The molecule has 0 spiro atoms. The predicted molar refractivity (Wildman–Crippen MR) is 81.5 cm³/mol. The lowest BCUT2D eigenvalue weighted by molar-refractivity contribution is -0.117. The van der Waals surface area contributed by atoms with E-state index in [4.69, 9.17) is 16.3 Å². The van der Waals surface area contributed by atoms with Crippen LogP contribution in [0.1, 0.15) is 12.5 Å². The largest absolute Gasteiger partial charge is 0.503 e. The molecule has 0 saturated heterocycles. The molecule has 2 N–H and O–H groups in total. The van der Waals surface area contributed by atoms with E-state index in [1.54, 1.807) is 12.1 Å². The van der Waals surface area contributed by atoms with Crippen molar-refractivity contribution in [1.82, 2.24) is 5.32 Å². The number of thioether (sulfide) groups is 1. The topological polar surface area (TPSA) is 88.0 Å². The number of nitrogens with one attached hydrogen (secondary N) is 1. The van der Waals surface area contributed by atoms with E-state index in [-0.39, 0.29) is 27.6 Å².